The highest BCUT2D eigenvalue weighted by atomic mass is 16.5. The summed E-state index contributed by atoms with van der Waals surface area (Å²) in [6.07, 6.45) is 1.76. The maximum absolute atomic E-state index is 5.01. The molecule has 0 fully saturated rings. The predicted molar refractivity (Wildman–Crippen MR) is 48.2 cm³/mol. The van der Waals surface area contributed by atoms with Crippen LogP contribution in [-0.4, -0.2) is 31.1 Å². The Balaban J connectivity index is 2.72. The van der Waals surface area contributed by atoms with Gasteiger partial charge in [-0.05, 0) is 25.7 Å². The van der Waals surface area contributed by atoms with Gasteiger partial charge in [0, 0.05) is 18.8 Å². The number of methoxy groups -OCH3 is 1. The van der Waals surface area contributed by atoms with Crippen LogP contribution in [0.25, 0.3) is 0 Å². The first-order valence-electron chi connectivity index (χ1n) is 3.86. The lowest BCUT2D eigenvalue weighted by Gasteiger charge is -2.09. The van der Waals surface area contributed by atoms with Gasteiger partial charge in [0.25, 0.3) is 0 Å². The number of rotatable bonds is 3. The minimum atomic E-state index is 0.675. The molecule has 1 heterocycles. The SMILES string of the molecule is COc1cc(CN(C)C)ccn1. The molecule has 0 aliphatic rings. The van der Waals surface area contributed by atoms with E-state index in [1.807, 2.05) is 26.2 Å². The molecule has 1 rings (SSSR count). The van der Waals surface area contributed by atoms with Crippen molar-refractivity contribution >= 4 is 0 Å². The average Bonchev–Trinajstić information content (AvgIpc) is 2.03. The lowest BCUT2D eigenvalue weighted by atomic mass is 10.2. The van der Waals surface area contributed by atoms with Gasteiger partial charge in [-0.3, -0.25) is 0 Å². The Bertz CT molecular complexity index is 248. The highest BCUT2D eigenvalue weighted by Crippen LogP contribution is 2.09. The molecule has 3 heteroatoms. The van der Waals surface area contributed by atoms with Gasteiger partial charge in [-0.1, -0.05) is 0 Å². The van der Waals surface area contributed by atoms with Gasteiger partial charge in [0.15, 0.2) is 0 Å². The zero-order valence-corrected chi connectivity index (χ0v) is 7.74. The number of hydrogen-bond acceptors (Lipinski definition) is 3. The van der Waals surface area contributed by atoms with Gasteiger partial charge in [0.05, 0.1) is 7.11 Å². The van der Waals surface area contributed by atoms with Crippen molar-refractivity contribution in [2.45, 2.75) is 6.54 Å². The molecule has 0 N–H and O–H groups in total. The van der Waals surface area contributed by atoms with Gasteiger partial charge in [0.2, 0.25) is 5.88 Å². The summed E-state index contributed by atoms with van der Waals surface area (Å²) in [7, 11) is 5.70. The summed E-state index contributed by atoms with van der Waals surface area (Å²) in [5.41, 5.74) is 1.21. The maximum Gasteiger partial charge on any atom is 0.213 e. The van der Waals surface area contributed by atoms with Crippen molar-refractivity contribution in [1.29, 1.82) is 0 Å². The molecule has 0 aliphatic carbocycles. The third kappa shape index (κ3) is 2.51. The van der Waals surface area contributed by atoms with Crippen molar-refractivity contribution in [1.82, 2.24) is 9.88 Å². The molecule has 0 spiro atoms. The van der Waals surface area contributed by atoms with E-state index in [-0.39, 0.29) is 0 Å². The Morgan fingerprint density at radius 1 is 1.50 bits per heavy atom. The lowest BCUT2D eigenvalue weighted by molar-refractivity contribution is 0.387. The summed E-state index contributed by atoms with van der Waals surface area (Å²) in [6, 6.07) is 3.93. The van der Waals surface area contributed by atoms with E-state index in [1.54, 1.807) is 13.3 Å². The summed E-state index contributed by atoms with van der Waals surface area (Å²) in [6.45, 7) is 0.916. The summed E-state index contributed by atoms with van der Waals surface area (Å²) >= 11 is 0. The van der Waals surface area contributed by atoms with Crippen LogP contribution >= 0.6 is 0 Å². The highest BCUT2D eigenvalue weighted by Gasteiger charge is 1.97. The first kappa shape index (κ1) is 9.00. The summed E-state index contributed by atoms with van der Waals surface area (Å²) in [4.78, 5) is 6.13. The van der Waals surface area contributed by atoms with Crippen molar-refractivity contribution in [3.63, 3.8) is 0 Å². The van der Waals surface area contributed by atoms with Crippen LogP contribution in [0.3, 0.4) is 0 Å². The molecule has 0 radical (unpaired) electrons. The zero-order valence-electron chi connectivity index (χ0n) is 7.74. The van der Waals surface area contributed by atoms with Crippen molar-refractivity contribution in [2.75, 3.05) is 21.2 Å². The van der Waals surface area contributed by atoms with E-state index in [2.05, 4.69) is 9.88 Å². The largest absolute Gasteiger partial charge is 0.481 e. The third-order valence-corrected chi connectivity index (χ3v) is 1.51. The van der Waals surface area contributed by atoms with Gasteiger partial charge in [0.1, 0.15) is 0 Å². The molecule has 0 atom stereocenters. The van der Waals surface area contributed by atoms with Crippen molar-refractivity contribution in [3.05, 3.63) is 23.9 Å². The van der Waals surface area contributed by atoms with E-state index >= 15 is 0 Å². The van der Waals surface area contributed by atoms with Crippen LogP contribution in [0.4, 0.5) is 0 Å². The fraction of sp³-hybridized carbons (Fsp3) is 0.444. The van der Waals surface area contributed by atoms with Crippen LogP contribution in [0.15, 0.2) is 18.3 Å². The zero-order chi connectivity index (χ0) is 8.97. The van der Waals surface area contributed by atoms with Crippen LogP contribution < -0.4 is 4.74 Å². The number of pyridine rings is 1. The number of hydrogen-bond donors (Lipinski definition) is 0. The molecule has 0 aromatic carbocycles. The number of ether oxygens (including phenoxy) is 1. The Kier molecular flexibility index (Phi) is 3.05. The first-order valence-corrected chi connectivity index (χ1v) is 3.86. The van der Waals surface area contributed by atoms with Gasteiger partial charge in [-0.2, -0.15) is 0 Å². The summed E-state index contributed by atoms with van der Waals surface area (Å²) in [5, 5.41) is 0. The predicted octanol–water partition coefficient (Wildman–Crippen LogP) is 1.15. The molecule has 0 amide bonds. The minimum absolute atomic E-state index is 0.675. The molecule has 0 aliphatic heterocycles. The van der Waals surface area contributed by atoms with Crippen LogP contribution in [0.1, 0.15) is 5.56 Å². The van der Waals surface area contributed by atoms with Crippen LogP contribution in [-0.2, 0) is 6.54 Å². The van der Waals surface area contributed by atoms with Crippen LogP contribution in [0.5, 0.6) is 5.88 Å². The van der Waals surface area contributed by atoms with Gasteiger partial charge in [-0.25, -0.2) is 4.98 Å². The van der Waals surface area contributed by atoms with Gasteiger partial charge in [-0.15, -0.1) is 0 Å². The number of nitrogens with zero attached hydrogens (tertiary/aromatic N) is 2. The van der Waals surface area contributed by atoms with Crippen LogP contribution in [0.2, 0.25) is 0 Å². The standard InChI is InChI=1S/C9H14N2O/c1-11(2)7-8-4-5-10-9(6-8)12-3/h4-6H,7H2,1-3H3. The summed E-state index contributed by atoms with van der Waals surface area (Å²) in [5.74, 6) is 0.675. The Hall–Kier alpha value is -1.09. The molecule has 12 heavy (non-hydrogen) atoms. The Morgan fingerprint density at radius 3 is 2.83 bits per heavy atom. The Labute approximate surface area is 73.0 Å². The molecule has 1 aromatic rings. The average molecular weight is 166 g/mol. The molecule has 0 saturated carbocycles. The van der Waals surface area contributed by atoms with E-state index in [0.29, 0.717) is 5.88 Å². The fourth-order valence-corrected chi connectivity index (χ4v) is 1.03. The van der Waals surface area contributed by atoms with Crippen molar-refractivity contribution in [2.24, 2.45) is 0 Å². The first-order chi connectivity index (χ1) is 5.72. The number of aromatic nitrogens is 1. The minimum Gasteiger partial charge on any atom is -0.481 e. The molecule has 66 valence electrons. The normalized spacial score (nSPS) is 10.3. The molecule has 0 unspecified atom stereocenters. The fourth-order valence-electron chi connectivity index (χ4n) is 1.03. The van der Waals surface area contributed by atoms with E-state index in [1.165, 1.54) is 5.56 Å². The second-order valence-corrected chi connectivity index (χ2v) is 2.94. The van der Waals surface area contributed by atoms with E-state index in [4.69, 9.17) is 4.74 Å². The third-order valence-electron chi connectivity index (χ3n) is 1.51. The molecular formula is C9H14N2O. The van der Waals surface area contributed by atoms with Gasteiger partial charge >= 0.3 is 0 Å². The molecule has 3 nitrogen and oxygen atoms in total. The molecule has 1 aromatic heterocycles. The Morgan fingerprint density at radius 2 is 2.25 bits per heavy atom. The second-order valence-electron chi connectivity index (χ2n) is 2.94. The smallest absolute Gasteiger partial charge is 0.213 e. The molecule has 0 saturated heterocycles. The molecular weight excluding hydrogens is 152 g/mol. The van der Waals surface area contributed by atoms with E-state index in [9.17, 15) is 0 Å². The highest BCUT2D eigenvalue weighted by molar-refractivity contribution is 5.20. The van der Waals surface area contributed by atoms with Crippen molar-refractivity contribution in [3.8, 4) is 5.88 Å². The second kappa shape index (κ2) is 4.07. The van der Waals surface area contributed by atoms with Crippen molar-refractivity contribution < 1.29 is 4.74 Å². The monoisotopic (exact) mass is 166 g/mol. The lowest BCUT2D eigenvalue weighted by Crippen LogP contribution is -2.10. The quantitative estimate of drug-likeness (QED) is 0.673. The van der Waals surface area contributed by atoms with Crippen LogP contribution in [0, 0.1) is 0 Å². The summed E-state index contributed by atoms with van der Waals surface area (Å²) < 4.78 is 5.01. The van der Waals surface area contributed by atoms with E-state index in [0.717, 1.165) is 6.54 Å². The molecule has 0 bridgehead atoms. The topological polar surface area (TPSA) is 25.4 Å². The van der Waals surface area contributed by atoms with E-state index < -0.39 is 0 Å². The maximum atomic E-state index is 5.01. The van der Waals surface area contributed by atoms with Gasteiger partial charge < -0.3 is 9.64 Å².